The second-order valence-corrected chi connectivity index (χ2v) is 2.33. The predicted molar refractivity (Wildman–Crippen MR) is 41.3 cm³/mol. The molecule has 0 rings (SSSR count). The van der Waals surface area contributed by atoms with Crippen LogP contribution in [0.2, 0.25) is 0 Å². The summed E-state index contributed by atoms with van der Waals surface area (Å²) in [6.45, 7) is 9.09. The van der Waals surface area contributed by atoms with Gasteiger partial charge in [-0.3, -0.25) is 0 Å². The fourth-order valence-electron chi connectivity index (χ4n) is 0.572. The molecule has 0 atom stereocenters. The van der Waals surface area contributed by atoms with Crippen molar-refractivity contribution >= 4 is 6.72 Å². The molecule has 2 heteroatoms. The van der Waals surface area contributed by atoms with Gasteiger partial charge in [0.15, 0.2) is 6.54 Å². The van der Waals surface area contributed by atoms with Gasteiger partial charge in [0.05, 0.1) is 6.54 Å². The van der Waals surface area contributed by atoms with E-state index >= 15 is 0 Å². The lowest BCUT2D eigenvalue weighted by Gasteiger charge is -1.97. The Bertz CT molecular complexity index is 79.0. The first-order chi connectivity index (χ1) is 4.27. The number of rotatable bonds is 5. The summed E-state index contributed by atoms with van der Waals surface area (Å²) in [5.74, 6) is 0. The monoisotopic (exact) mass is 129 g/mol. The molecule has 0 aliphatic carbocycles. The smallest absolute Gasteiger partial charge is 0.154 e. The molecule has 0 aromatic carbocycles. The van der Waals surface area contributed by atoms with E-state index < -0.39 is 0 Å². The first kappa shape index (κ1) is 8.63. The normalized spacial score (nSPS) is 9.56. The van der Waals surface area contributed by atoms with Crippen molar-refractivity contribution in [3.05, 3.63) is 0 Å². The molecule has 0 aliphatic rings. The molecule has 0 radical (unpaired) electrons. The van der Waals surface area contributed by atoms with Crippen LogP contribution in [0.15, 0.2) is 0 Å². The number of hydrogen-bond acceptors (Lipinski definition) is 1. The van der Waals surface area contributed by atoms with Gasteiger partial charge in [-0.05, 0) is 13.0 Å². The minimum absolute atomic E-state index is 1.03. The molecule has 0 aromatic heterocycles. The fourth-order valence-corrected chi connectivity index (χ4v) is 0.572. The molecule has 1 N–H and O–H groups in total. The van der Waals surface area contributed by atoms with Crippen molar-refractivity contribution < 1.29 is 4.58 Å². The quantitative estimate of drug-likeness (QED) is 0.321. The van der Waals surface area contributed by atoms with E-state index in [0.29, 0.717) is 0 Å². The summed E-state index contributed by atoms with van der Waals surface area (Å²) in [5, 5.41) is 3.28. The fraction of sp³-hybridized carbons (Fsp3) is 0.857. The molecule has 0 spiro atoms. The van der Waals surface area contributed by atoms with E-state index in [1.807, 2.05) is 11.6 Å². The molecule has 9 heavy (non-hydrogen) atoms. The van der Waals surface area contributed by atoms with Crippen molar-refractivity contribution in [2.45, 2.75) is 13.3 Å². The maximum absolute atomic E-state index is 3.73. The molecule has 0 unspecified atom stereocenters. The first-order valence-electron chi connectivity index (χ1n) is 3.49. The summed E-state index contributed by atoms with van der Waals surface area (Å²) in [7, 11) is 1.98. The highest BCUT2D eigenvalue weighted by Crippen LogP contribution is 1.68. The van der Waals surface area contributed by atoms with Crippen molar-refractivity contribution in [1.29, 1.82) is 0 Å². The Hall–Kier alpha value is -0.370. The maximum Gasteiger partial charge on any atom is 0.154 e. The minimum atomic E-state index is 1.03. The average Bonchev–Trinajstić information content (AvgIpc) is 1.80. The van der Waals surface area contributed by atoms with Gasteiger partial charge in [-0.15, -0.1) is 0 Å². The largest absolute Gasteiger partial charge is 0.311 e. The maximum atomic E-state index is 3.73. The highest BCUT2D eigenvalue weighted by molar-refractivity contribution is 5.14. The van der Waals surface area contributed by atoms with Gasteiger partial charge in [0.1, 0.15) is 13.8 Å². The molecule has 0 fully saturated rings. The molecule has 2 nitrogen and oxygen atoms in total. The summed E-state index contributed by atoms with van der Waals surface area (Å²) in [6.07, 6.45) is 1.21. The second-order valence-electron chi connectivity index (χ2n) is 2.33. The molecule has 0 amide bonds. The van der Waals surface area contributed by atoms with Crippen molar-refractivity contribution in [3.63, 3.8) is 0 Å². The Morgan fingerprint density at radius 1 is 1.44 bits per heavy atom. The van der Waals surface area contributed by atoms with E-state index in [1.54, 1.807) is 0 Å². The zero-order chi connectivity index (χ0) is 7.11. The van der Waals surface area contributed by atoms with Crippen LogP contribution in [-0.4, -0.2) is 38.0 Å². The number of likely N-dealkylation sites (N-methyl/N-ethyl adjacent to an activating group) is 1. The second kappa shape index (κ2) is 5.76. The first-order valence-corrected chi connectivity index (χ1v) is 3.49. The Morgan fingerprint density at radius 3 is 2.56 bits per heavy atom. The van der Waals surface area contributed by atoms with Gasteiger partial charge in [0, 0.05) is 0 Å². The van der Waals surface area contributed by atoms with Crippen LogP contribution in [-0.2, 0) is 0 Å². The molecule has 0 bridgehead atoms. The van der Waals surface area contributed by atoms with Gasteiger partial charge in [-0.25, -0.2) is 4.58 Å². The number of hydrogen-bond donors (Lipinski definition) is 1. The highest BCUT2D eigenvalue weighted by atomic mass is 15.0. The summed E-state index contributed by atoms with van der Waals surface area (Å²) >= 11 is 0. The SMILES string of the molecule is C=[N+](C)CCNCCC. The van der Waals surface area contributed by atoms with E-state index in [2.05, 4.69) is 19.0 Å². The van der Waals surface area contributed by atoms with Crippen LogP contribution in [0, 0.1) is 0 Å². The van der Waals surface area contributed by atoms with Crippen LogP contribution in [0.3, 0.4) is 0 Å². The van der Waals surface area contributed by atoms with E-state index in [0.717, 1.165) is 19.6 Å². The summed E-state index contributed by atoms with van der Waals surface area (Å²) in [6, 6.07) is 0. The van der Waals surface area contributed by atoms with Gasteiger partial charge in [-0.1, -0.05) is 6.92 Å². The lowest BCUT2D eigenvalue weighted by atomic mass is 10.5. The van der Waals surface area contributed by atoms with Gasteiger partial charge in [0.2, 0.25) is 0 Å². The Labute approximate surface area is 57.6 Å². The summed E-state index contributed by atoms with van der Waals surface area (Å²) in [4.78, 5) is 0. The van der Waals surface area contributed by atoms with Crippen LogP contribution in [0.1, 0.15) is 13.3 Å². The topological polar surface area (TPSA) is 15.0 Å². The van der Waals surface area contributed by atoms with E-state index in [-0.39, 0.29) is 0 Å². The molecule has 0 aromatic rings. The van der Waals surface area contributed by atoms with Crippen molar-refractivity contribution in [2.75, 3.05) is 26.7 Å². The van der Waals surface area contributed by atoms with E-state index in [1.165, 1.54) is 6.42 Å². The lowest BCUT2D eigenvalue weighted by Crippen LogP contribution is -2.23. The Balaban J connectivity index is 2.83. The molecule has 0 heterocycles. The number of nitrogens with zero attached hydrogens (tertiary/aromatic N) is 1. The van der Waals surface area contributed by atoms with Crippen LogP contribution in [0.25, 0.3) is 0 Å². The van der Waals surface area contributed by atoms with Gasteiger partial charge >= 0.3 is 0 Å². The third kappa shape index (κ3) is 7.63. The summed E-state index contributed by atoms with van der Waals surface area (Å²) < 4.78 is 1.93. The molecular weight excluding hydrogens is 112 g/mol. The molecule has 0 saturated carbocycles. The van der Waals surface area contributed by atoms with Gasteiger partial charge in [-0.2, -0.15) is 0 Å². The Morgan fingerprint density at radius 2 is 2.11 bits per heavy atom. The van der Waals surface area contributed by atoms with Crippen LogP contribution in [0.5, 0.6) is 0 Å². The van der Waals surface area contributed by atoms with Crippen LogP contribution < -0.4 is 5.32 Å². The molecular formula is C7H17N2+. The predicted octanol–water partition coefficient (Wildman–Crippen LogP) is 0.329. The lowest BCUT2D eigenvalue weighted by molar-refractivity contribution is -0.486. The van der Waals surface area contributed by atoms with Crippen molar-refractivity contribution in [3.8, 4) is 0 Å². The third-order valence-corrected chi connectivity index (χ3v) is 1.10. The summed E-state index contributed by atoms with van der Waals surface area (Å²) in [5.41, 5.74) is 0. The highest BCUT2D eigenvalue weighted by Gasteiger charge is 1.88. The molecule has 0 aliphatic heterocycles. The van der Waals surface area contributed by atoms with Gasteiger partial charge < -0.3 is 5.32 Å². The van der Waals surface area contributed by atoms with Crippen molar-refractivity contribution in [1.82, 2.24) is 5.32 Å². The number of nitrogens with one attached hydrogen (secondary N) is 1. The van der Waals surface area contributed by atoms with Crippen LogP contribution >= 0.6 is 0 Å². The molecule has 54 valence electrons. The minimum Gasteiger partial charge on any atom is -0.311 e. The van der Waals surface area contributed by atoms with Gasteiger partial charge in [0.25, 0.3) is 0 Å². The Kier molecular flexibility index (Phi) is 5.52. The van der Waals surface area contributed by atoms with E-state index in [4.69, 9.17) is 0 Å². The van der Waals surface area contributed by atoms with Crippen molar-refractivity contribution in [2.24, 2.45) is 0 Å². The average molecular weight is 129 g/mol. The third-order valence-electron chi connectivity index (χ3n) is 1.10. The van der Waals surface area contributed by atoms with Crippen LogP contribution in [0.4, 0.5) is 0 Å². The zero-order valence-corrected chi connectivity index (χ0v) is 6.48. The molecule has 0 saturated heterocycles. The zero-order valence-electron chi connectivity index (χ0n) is 6.48. The standard InChI is InChI=1S/C7H17N2/c1-4-5-8-6-7-9(2)3/h8H,2,4-7H2,1,3H3/q+1. The van der Waals surface area contributed by atoms with E-state index in [9.17, 15) is 0 Å².